The van der Waals surface area contributed by atoms with Crippen molar-refractivity contribution in [3.8, 4) is 5.75 Å². The van der Waals surface area contributed by atoms with Gasteiger partial charge in [-0.2, -0.15) is 0 Å². The fourth-order valence-corrected chi connectivity index (χ4v) is 1.84. The third kappa shape index (κ3) is 4.91. The fourth-order valence-electron chi connectivity index (χ4n) is 1.84. The molecule has 0 saturated heterocycles. The molecular formula is C15H22N2O3. The van der Waals surface area contributed by atoms with E-state index in [0.717, 1.165) is 11.3 Å². The number of carbonyl (C=O) groups is 2. The Balaban J connectivity index is 2.62. The summed E-state index contributed by atoms with van der Waals surface area (Å²) in [5.41, 5.74) is 0.947. The second-order valence-electron chi connectivity index (χ2n) is 4.99. The van der Waals surface area contributed by atoms with Crippen LogP contribution in [-0.2, 0) is 16.1 Å². The van der Waals surface area contributed by atoms with Gasteiger partial charge < -0.3 is 15.4 Å². The van der Waals surface area contributed by atoms with Gasteiger partial charge in [0.1, 0.15) is 11.8 Å². The summed E-state index contributed by atoms with van der Waals surface area (Å²) in [6.45, 7) is 5.60. The number of hydrogen-bond donors (Lipinski definition) is 2. The number of hydrogen-bond acceptors (Lipinski definition) is 3. The van der Waals surface area contributed by atoms with Gasteiger partial charge in [0.2, 0.25) is 11.8 Å². The van der Waals surface area contributed by atoms with Crippen molar-refractivity contribution in [2.75, 3.05) is 7.11 Å². The summed E-state index contributed by atoms with van der Waals surface area (Å²) in [6, 6.07) is 6.97. The molecule has 0 fully saturated rings. The summed E-state index contributed by atoms with van der Waals surface area (Å²) in [4.78, 5) is 23.2. The van der Waals surface area contributed by atoms with Crippen LogP contribution >= 0.6 is 0 Å². The van der Waals surface area contributed by atoms with Gasteiger partial charge in [-0.3, -0.25) is 9.59 Å². The molecule has 0 aliphatic heterocycles. The maximum Gasteiger partial charge on any atom is 0.243 e. The summed E-state index contributed by atoms with van der Waals surface area (Å²) in [7, 11) is 1.60. The number of rotatable bonds is 6. The number of methoxy groups -OCH3 is 1. The molecule has 0 radical (unpaired) electrons. The molecule has 1 rings (SSSR count). The Kier molecular flexibility index (Phi) is 6.03. The minimum Gasteiger partial charge on any atom is -0.497 e. The van der Waals surface area contributed by atoms with Gasteiger partial charge in [0.25, 0.3) is 0 Å². The zero-order chi connectivity index (χ0) is 15.1. The van der Waals surface area contributed by atoms with Crippen LogP contribution in [0.15, 0.2) is 24.3 Å². The number of nitrogens with one attached hydrogen (secondary N) is 2. The van der Waals surface area contributed by atoms with Crippen LogP contribution in [0.25, 0.3) is 0 Å². The van der Waals surface area contributed by atoms with E-state index in [1.54, 1.807) is 7.11 Å². The van der Waals surface area contributed by atoms with Gasteiger partial charge in [-0.05, 0) is 23.6 Å². The molecule has 1 aromatic rings. The first kappa shape index (κ1) is 16.0. The number of carbonyl (C=O) groups excluding carboxylic acids is 2. The van der Waals surface area contributed by atoms with Crippen LogP contribution in [0, 0.1) is 5.92 Å². The molecule has 0 spiro atoms. The van der Waals surface area contributed by atoms with Crippen LogP contribution in [0.1, 0.15) is 26.3 Å². The average molecular weight is 278 g/mol. The molecule has 2 amide bonds. The van der Waals surface area contributed by atoms with Crippen LogP contribution in [0.5, 0.6) is 5.75 Å². The van der Waals surface area contributed by atoms with Crippen LogP contribution in [0.3, 0.4) is 0 Å². The van der Waals surface area contributed by atoms with E-state index in [-0.39, 0.29) is 17.7 Å². The summed E-state index contributed by atoms with van der Waals surface area (Å²) in [5.74, 6) is 0.390. The van der Waals surface area contributed by atoms with Crippen molar-refractivity contribution in [3.63, 3.8) is 0 Å². The topological polar surface area (TPSA) is 67.4 Å². The van der Waals surface area contributed by atoms with E-state index in [4.69, 9.17) is 4.74 Å². The van der Waals surface area contributed by atoms with Gasteiger partial charge in [0.05, 0.1) is 7.11 Å². The second kappa shape index (κ2) is 7.53. The molecule has 5 nitrogen and oxygen atoms in total. The first-order valence-electron chi connectivity index (χ1n) is 6.61. The molecule has 0 aromatic heterocycles. The fraction of sp³-hybridized carbons (Fsp3) is 0.467. The van der Waals surface area contributed by atoms with E-state index in [9.17, 15) is 9.59 Å². The molecular weight excluding hydrogens is 256 g/mol. The Morgan fingerprint density at radius 2 is 2.00 bits per heavy atom. The van der Waals surface area contributed by atoms with E-state index in [1.165, 1.54) is 6.92 Å². The minimum absolute atomic E-state index is 0.0317. The monoisotopic (exact) mass is 278 g/mol. The zero-order valence-electron chi connectivity index (χ0n) is 12.4. The Morgan fingerprint density at radius 1 is 1.30 bits per heavy atom. The van der Waals surface area contributed by atoms with Crippen molar-refractivity contribution in [1.82, 2.24) is 10.6 Å². The standard InChI is InChI=1S/C15H22N2O3/c1-10(2)14(17-11(3)18)15(19)16-9-12-6-5-7-13(8-12)20-4/h5-8,10,14H,9H2,1-4H3,(H,16,19)(H,17,18)/t14-/m0/s1. The number of amides is 2. The lowest BCUT2D eigenvalue weighted by molar-refractivity contribution is -0.129. The SMILES string of the molecule is COc1cccc(CNC(=O)[C@@H](NC(C)=O)C(C)C)c1. The van der Waals surface area contributed by atoms with Gasteiger partial charge >= 0.3 is 0 Å². The molecule has 0 saturated carbocycles. The Morgan fingerprint density at radius 3 is 2.55 bits per heavy atom. The lowest BCUT2D eigenvalue weighted by Gasteiger charge is -2.21. The lowest BCUT2D eigenvalue weighted by Crippen LogP contribution is -2.48. The molecule has 0 bridgehead atoms. The van der Waals surface area contributed by atoms with Crippen molar-refractivity contribution in [1.29, 1.82) is 0 Å². The Labute approximate surface area is 119 Å². The maximum atomic E-state index is 12.1. The molecule has 1 aromatic carbocycles. The summed E-state index contributed by atoms with van der Waals surface area (Å²) in [5, 5.41) is 5.49. The first-order valence-corrected chi connectivity index (χ1v) is 6.61. The smallest absolute Gasteiger partial charge is 0.243 e. The molecule has 1 atom stereocenters. The van der Waals surface area contributed by atoms with E-state index in [0.29, 0.717) is 6.54 Å². The van der Waals surface area contributed by atoms with Gasteiger partial charge in [-0.15, -0.1) is 0 Å². The molecule has 0 heterocycles. The quantitative estimate of drug-likeness (QED) is 0.828. The molecule has 0 aliphatic carbocycles. The predicted molar refractivity (Wildman–Crippen MR) is 77.3 cm³/mol. The lowest BCUT2D eigenvalue weighted by atomic mass is 10.0. The van der Waals surface area contributed by atoms with Crippen LogP contribution in [-0.4, -0.2) is 25.0 Å². The number of ether oxygens (including phenoxy) is 1. The first-order chi connectivity index (χ1) is 9.43. The summed E-state index contributed by atoms with van der Waals surface area (Å²) >= 11 is 0. The molecule has 20 heavy (non-hydrogen) atoms. The van der Waals surface area contributed by atoms with E-state index < -0.39 is 6.04 Å². The van der Waals surface area contributed by atoms with Gasteiger partial charge in [0, 0.05) is 13.5 Å². The predicted octanol–water partition coefficient (Wildman–Crippen LogP) is 1.47. The molecule has 0 unspecified atom stereocenters. The molecule has 110 valence electrons. The molecule has 0 aliphatic rings. The van der Waals surface area contributed by atoms with Crippen molar-refractivity contribution in [2.45, 2.75) is 33.4 Å². The molecule has 2 N–H and O–H groups in total. The zero-order valence-corrected chi connectivity index (χ0v) is 12.4. The highest BCUT2D eigenvalue weighted by molar-refractivity contribution is 5.87. The highest BCUT2D eigenvalue weighted by Crippen LogP contribution is 2.12. The second-order valence-corrected chi connectivity index (χ2v) is 4.99. The third-order valence-electron chi connectivity index (χ3n) is 2.91. The maximum absolute atomic E-state index is 12.1. The third-order valence-corrected chi connectivity index (χ3v) is 2.91. The van der Waals surface area contributed by atoms with Crippen molar-refractivity contribution < 1.29 is 14.3 Å². The largest absolute Gasteiger partial charge is 0.497 e. The van der Waals surface area contributed by atoms with Crippen LogP contribution in [0.4, 0.5) is 0 Å². The van der Waals surface area contributed by atoms with Crippen LogP contribution < -0.4 is 15.4 Å². The van der Waals surface area contributed by atoms with Crippen molar-refractivity contribution >= 4 is 11.8 Å². The Hall–Kier alpha value is -2.04. The minimum atomic E-state index is -0.516. The molecule has 5 heteroatoms. The van der Waals surface area contributed by atoms with E-state index in [1.807, 2.05) is 38.1 Å². The van der Waals surface area contributed by atoms with Crippen molar-refractivity contribution in [2.24, 2.45) is 5.92 Å². The Bertz CT molecular complexity index is 472. The number of benzene rings is 1. The van der Waals surface area contributed by atoms with E-state index in [2.05, 4.69) is 10.6 Å². The summed E-state index contributed by atoms with van der Waals surface area (Å²) < 4.78 is 5.13. The highest BCUT2D eigenvalue weighted by atomic mass is 16.5. The van der Waals surface area contributed by atoms with Gasteiger partial charge in [-0.1, -0.05) is 26.0 Å². The van der Waals surface area contributed by atoms with Crippen molar-refractivity contribution in [3.05, 3.63) is 29.8 Å². The normalized spacial score (nSPS) is 11.8. The summed E-state index contributed by atoms with van der Waals surface area (Å²) in [6.07, 6.45) is 0. The van der Waals surface area contributed by atoms with E-state index >= 15 is 0 Å². The van der Waals surface area contributed by atoms with Gasteiger partial charge in [-0.25, -0.2) is 0 Å². The van der Waals surface area contributed by atoms with Crippen LogP contribution in [0.2, 0.25) is 0 Å². The highest BCUT2D eigenvalue weighted by Gasteiger charge is 2.22. The van der Waals surface area contributed by atoms with Gasteiger partial charge in [0.15, 0.2) is 0 Å². The average Bonchev–Trinajstić information content (AvgIpc) is 2.42.